The molecule has 1 aliphatic heterocycles. The Bertz CT molecular complexity index is 1020. The number of amides is 1. The number of benzene rings is 2. The Labute approximate surface area is 219 Å². The van der Waals surface area contributed by atoms with E-state index in [9.17, 15) is 9.90 Å². The molecule has 0 saturated heterocycles. The molecule has 190 valence electrons. The second kappa shape index (κ2) is 14.3. The molecule has 0 spiro atoms. The molecule has 10 heteroatoms. The van der Waals surface area contributed by atoms with E-state index < -0.39 is 6.10 Å². The average Bonchev–Trinajstić information content (AvgIpc) is 2.85. The Morgan fingerprint density at radius 2 is 1.91 bits per heavy atom. The maximum Gasteiger partial charge on any atom is 0.240 e. The maximum atomic E-state index is 11.2. The van der Waals surface area contributed by atoms with Crippen LogP contribution >= 0.6 is 27.5 Å². The summed E-state index contributed by atoms with van der Waals surface area (Å²) in [6.45, 7) is 4.58. The molecule has 3 rings (SSSR count). The summed E-state index contributed by atoms with van der Waals surface area (Å²) in [6.07, 6.45) is 2.12. The van der Waals surface area contributed by atoms with Crippen molar-refractivity contribution in [3.8, 4) is 17.2 Å². The molecular weight excluding hydrogens is 538 g/mol. The lowest BCUT2D eigenvalue weighted by Gasteiger charge is -2.15. The SMILES string of the molecule is CCCNC[C@@H](O)COc1ccc(OCCCOc2ccc(C3=NNC(=O)CC3)cc2Cl)c(Br)c1. The number of aliphatic hydroxyl groups is 1. The fraction of sp³-hybridized carbons (Fsp3) is 0.440. The van der Waals surface area contributed by atoms with Crippen molar-refractivity contribution in [2.75, 3.05) is 32.9 Å². The van der Waals surface area contributed by atoms with Crippen LogP contribution in [0, 0.1) is 0 Å². The van der Waals surface area contributed by atoms with Crippen molar-refractivity contribution in [3.63, 3.8) is 0 Å². The van der Waals surface area contributed by atoms with Crippen LogP contribution < -0.4 is 25.0 Å². The zero-order valence-corrected chi connectivity index (χ0v) is 22.0. The zero-order chi connectivity index (χ0) is 25.0. The van der Waals surface area contributed by atoms with Gasteiger partial charge in [-0.15, -0.1) is 0 Å². The van der Waals surface area contributed by atoms with Crippen molar-refractivity contribution < 1.29 is 24.1 Å². The number of rotatable bonds is 14. The summed E-state index contributed by atoms with van der Waals surface area (Å²) in [6, 6.07) is 11.0. The lowest BCUT2D eigenvalue weighted by atomic mass is 10.0. The Kier molecular flexibility index (Phi) is 11.1. The standard InChI is InChI=1S/C25H31BrClN3O5/c1-2-10-28-15-18(31)16-35-19-5-8-23(20(26)14-19)33-11-3-12-34-24-7-4-17(13-21(24)27)22-6-9-25(32)30-29-22/h4-5,7-8,13-14,18,28,31H,2-3,6,9-12,15-16H2,1H3,(H,30,32)/t18-/m1/s1. The molecule has 0 saturated carbocycles. The van der Waals surface area contributed by atoms with E-state index in [4.69, 9.17) is 25.8 Å². The molecule has 2 aromatic rings. The largest absolute Gasteiger partial charge is 0.492 e. The number of nitrogens with zero attached hydrogens (tertiary/aromatic N) is 1. The van der Waals surface area contributed by atoms with Gasteiger partial charge in [0, 0.05) is 25.8 Å². The summed E-state index contributed by atoms with van der Waals surface area (Å²) in [5.41, 5.74) is 4.16. The van der Waals surface area contributed by atoms with Crippen LogP contribution in [0.5, 0.6) is 17.2 Å². The minimum Gasteiger partial charge on any atom is -0.492 e. The molecule has 1 atom stereocenters. The Morgan fingerprint density at radius 1 is 1.14 bits per heavy atom. The van der Waals surface area contributed by atoms with Crippen molar-refractivity contribution in [1.29, 1.82) is 0 Å². The molecule has 8 nitrogen and oxygen atoms in total. The summed E-state index contributed by atoms with van der Waals surface area (Å²) in [5, 5.41) is 17.7. The summed E-state index contributed by atoms with van der Waals surface area (Å²) in [7, 11) is 0. The van der Waals surface area contributed by atoms with Crippen molar-refractivity contribution in [2.24, 2.45) is 5.10 Å². The van der Waals surface area contributed by atoms with Gasteiger partial charge in [0.2, 0.25) is 5.91 Å². The van der Waals surface area contributed by atoms with Crippen molar-refractivity contribution in [3.05, 3.63) is 51.5 Å². The molecule has 1 amide bonds. The molecule has 3 N–H and O–H groups in total. The highest BCUT2D eigenvalue weighted by Crippen LogP contribution is 2.30. The number of carbonyl (C=O) groups excluding carboxylic acids is 1. The summed E-state index contributed by atoms with van der Waals surface area (Å²) < 4.78 is 18.1. The van der Waals surface area contributed by atoms with Crippen LogP contribution in [-0.2, 0) is 4.79 Å². The molecule has 0 fully saturated rings. The van der Waals surface area contributed by atoms with Crippen molar-refractivity contribution in [1.82, 2.24) is 10.7 Å². The fourth-order valence-corrected chi connectivity index (χ4v) is 4.00. The van der Waals surface area contributed by atoms with E-state index in [0.29, 0.717) is 61.3 Å². The lowest BCUT2D eigenvalue weighted by Crippen LogP contribution is -2.31. The van der Waals surface area contributed by atoms with Gasteiger partial charge in [0.25, 0.3) is 0 Å². The second-order valence-corrected chi connectivity index (χ2v) is 9.31. The first-order valence-corrected chi connectivity index (χ1v) is 12.9. The summed E-state index contributed by atoms with van der Waals surface area (Å²) >= 11 is 9.86. The molecule has 0 aromatic heterocycles. The zero-order valence-electron chi connectivity index (χ0n) is 19.7. The van der Waals surface area contributed by atoms with Gasteiger partial charge in [-0.2, -0.15) is 5.10 Å². The first kappa shape index (κ1) is 27.3. The van der Waals surface area contributed by atoms with Crippen LogP contribution in [-0.4, -0.2) is 55.7 Å². The highest BCUT2D eigenvalue weighted by Gasteiger charge is 2.15. The van der Waals surface area contributed by atoms with Gasteiger partial charge in [0.05, 0.1) is 28.4 Å². The fourth-order valence-electron chi connectivity index (χ4n) is 3.29. The van der Waals surface area contributed by atoms with E-state index in [1.165, 1.54) is 0 Å². The van der Waals surface area contributed by atoms with E-state index in [-0.39, 0.29) is 12.5 Å². The Morgan fingerprint density at radius 3 is 2.60 bits per heavy atom. The molecule has 0 bridgehead atoms. The molecule has 1 aliphatic rings. The predicted molar refractivity (Wildman–Crippen MR) is 140 cm³/mol. The van der Waals surface area contributed by atoms with Crippen molar-refractivity contribution >= 4 is 39.1 Å². The minimum atomic E-state index is -0.565. The van der Waals surface area contributed by atoms with Crippen LogP contribution in [0.3, 0.4) is 0 Å². The summed E-state index contributed by atoms with van der Waals surface area (Å²) in [5.74, 6) is 1.86. The first-order chi connectivity index (χ1) is 17.0. The Balaban J connectivity index is 1.38. The van der Waals surface area contributed by atoms with E-state index in [0.717, 1.165) is 28.7 Å². The quantitative estimate of drug-likeness (QED) is 0.294. The topological polar surface area (TPSA) is 101 Å². The average molecular weight is 569 g/mol. The monoisotopic (exact) mass is 567 g/mol. The van der Waals surface area contributed by atoms with Gasteiger partial charge in [-0.3, -0.25) is 4.79 Å². The minimum absolute atomic E-state index is 0.0795. The third kappa shape index (κ3) is 9.00. The second-order valence-electron chi connectivity index (χ2n) is 8.05. The summed E-state index contributed by atoms with van der Waals surface area (Å²) in [4.78, 5) is 11.2. The predicted octanol–water partition coefficient (Wildman–Crippen LogP) is 4.30. The van der Waals surface area contributed by atoms with Crippen LogP contribution in [0.2, 0.25) is 5.02 Å². The van der Waals surface area contributed by atoms with E-state index in [2.05, 4.69) is 38.7 Å². The van der Waals surface area contributed by atoms with Crippen LogP contribution in [0.25, 0.3) is 0 Å². The molecule has 0 radical (unpaired) electrons. The van der Waals surface area contributed by atoms with E-state index in [1.807, 2.05) is 30.3 Å². The van der Waals surface area contributed by atoms with Gasteiger partial charge in [0.1, 0.15) is 30.0 Å². The molecule has 0 aliphatic carbocycles. The number of halogens is 2. The molecular formula is C25H31BrClN3O5. The van der Waals surface area contributed by atoms with Gasteiger partial charge in [0.15, 0.2) is 0 Å². The van der Waals surface area contributed by atoms with Gasteiger partial charge in [-0.25, -0.2) is 5.43 Å². The van der Waals surface area contributed by atoms with E-state index >= 15 is 0 Å². The molecule has 1 heterocycles. The van der Waals surface area contributed by atoms with Gasteiger partial charge in [-0.1, -0.05) is 18.5 Å². The van der Waals surface area contributed by atoms with Crippen LogP contribution in [0.4, 0.5) is 0 Å². The van der Waals surface area contributed by atoms with Gasteiger partial charge in [-0.05, 0) is 70.9 Å². The third-order valence-corrected chi connectivity index (χ3v) is 6.04. The van der Waals surface area contributed by atoms with Crippen LogP contribution in [0.1, 0.15) is 38.2 Å². The number of hydrogen-bond donors (Lipinski definition) is 3. The third-order valence-electron chi connectivity index (χ3n) is 5.13. The first-order valence-electron chi connectivity index (χ1n) is 11.7. The normalized spacial score (nSPS) is 14.2. The molecule has 35 heavy (non-hydrogen) atoms. The number of hydrogen-bond acceptors (Lipinski definition) is 7. The number of carbonyl (C=O) groups is 1. The maximum absolute atomic E-state index is 11.2. The molecule has 2 aromatic carbocycles. The lowest BCUT2D eigenvalue weighted by molar-refractivity contribution is -0.121. The van der Waals surface area contributed by atoms with Gasteiger partial charge < -0.3 is 24.6 Å². The number of aliphatic hydroxyl groups excluding tert-OH is 1. The number of hydrazone groups is 1. The van der Waals surface area contributed by atoms with Gasteiger partial charge >= 0.3 is 0 Å². The smallest absolute Gasteiger partial charge is 0.240 e. The highest BCUT2D eigenvalue weighted by atomic mass is 79.9. The molecule has 0 unspecified atom stereocenters. The number of ether oxygens (including phenoxy) is 3. The Hall–Kier alpha value is -2.33. The van der Waals surface area contributed by atoms with Crippen molar-refractivity contribution in [2.45, 2.75) is 38.7 Å². The van der Waals surface area contributed by atoms with Crippen LogP contribution in [0.15, 0.2) is 46.0 Å². The number of nitrogens with one attached hydrogen (secondary N) is 2. The highest BCUT2D eigenvalue weighted by molar-refractivity contribution is 9.10. The van der Waals surface area contributed by atoms with E-state index in [1.54, 1.807) is 6.07 Å².